The number of rotatable bonds is 2. The lowest BCUT2D eigenvalue weighted by molar-refractivity contribution is -0.123. The smallest absolute Gasteiger partial charge is 0.254 e. The number of hydrogen-bond donors (Lipinski definition) is 2. The predicted molar refractivity (Wildman–Crippen MR) is 157 cm³/mol. The third-order valence-electron chi connectivity index (χ3n) is 7.57. The Balaban J connectivity index is 1.28. The summed E-state index contributed by atoms with van der Waals surface area (Å²) >= 11 is 0. The van der Waals surface area contributed by atoms with Crippen LogP contribution in [-0.2, 0) is 22.7 Å². The molecule has 1 aromatic heterocycles. The van der Waals surface area contributed by atoms with Crippen molar-refractivity contribution in [2.75, 3.05) is 33.8 Å². The molecule has 0 radical (unpaired) electrons. The van der Waals surface area contributed by atoms with Crippen LogP contribution in [0.1, 0.15) is 21.5 Å². The first-order valence-corrected chi connectivity index (χ1v) is 13.8. The molecule has 0 saturated carbocycles. The molecule has 10 nitrogen and oxygen atoms in total. The summed E-state index contributed by atoms with van der Waals surface area (Å²) in [6.45, 7) is 1.43. The van der Waals surface area contributed by atoms with Gasteiger partial charge >= 0.3 is 0 Å². The Morgan fingerprint density at radius 2 is 1.81 bits per heavy atom. The molecule has 2 N–H and O–H groups in total. The van der Waals surface area contributed by atoms with Gasteiger partial charge in [0.1, 0.15) is 5.75 Å². The van der Waals surface area contributed by atoms with Crippen molar-refractivity contribution in [3.8, 4) is 17.2 Å². The quantitative estimate of drug-likeness (QED) is 0.382. The number of likely N-dealkylation sites (N-methyl/N-ethyl adjacent to an activating group) is 1. The summed E-state index contributed by atoms with van der Waals surface area (Å²) in [6.07, 6.45) is -0.457. The molecule has 4 bridgehead atoms. The highest BCUT2D eigenvalue weighted by atomic mass is 16.5. The van der Waals surface area contributed by atoms with E-state index < -0.39 is 12.1 Å². The average molecular weight is 569 g/mol. The molecule has 4 aromatic rings. The van der Waals surface area contributed by atoms with Crippen molar-refractivity contribution >= 4 is 22.7 Å². The number of hydrogen-bond acceptors (Lipinski definition) is 7. The lowest BCUT2D eigenvalue weighted by Crippen LogP contribution is -2.47. The second-order valence-corrected chi connectivity index (χ2v) is 10.7. The van der Waals surface area contributed by atoms with Crippen molar-refractivity contribution < 1.29 is 23.8 Å². The third-order valence-corrected chi connectivity index (χ3v) is 7.57. The molecule has 10 heteroatoms. The fourth-order valence-electron chi connectivity index (χ4n) is 5.59. The van der Waals surface area contributed by atoms with Crippen LogP contribution in [0.5, 0.6) is 17.2 Å². The molecule has 0 spiro atoms. The minimum absolute atomic E-state index is 0.150. The van der Waals surface area contributed by atoms with Crippen LogP contribution in [-0.4, -0.2) is 72.5 Å². The van der Waals surface area contributed by atoms with Gasteiger partial charge in [-0.3, -0.25) is 19.3 Å². The maximum atomic E-state index is 13.7. The second-order valence-electron chi connectivity index (χ2n) is 10.7. The molecule has 0 aliphatic carbocycles. The SMILES string of the molecule is COc1ccc2cc1Oc1cccc(c1)CO[C@H]1CN(C(=O)c3cc(=O)[nH]c4ccccc34)C[C@@H]1NC(=O)CN(C)C2. The summed E-state index contributed by atoms with van der Waals surface area (Å²) in [5.74, 6) is 1.37. The van der Waals surface area contributed by atoms with Crippen LogP contribution in [0.15, 0.2) is 77.6 Å². The van der Waals surface area contributed by atoms with Crippen molar-refractivity contribution in [3.63, 3.8) is 0 Å². The molecule has 2 aliphatic heterocycles. The summed E-state index contributed by atoms with van der Waals surface area (Å²) in [6, 6.07) is 21.4. The van der Waals surface area contributed by atoms with Gasteiger partial charge in [0.25, 0.3) is 5.91 Å². The van der Waals surface area contributed by atoms with Gasteiger partial charge in [0.15, 0.2) is 11.5 Å². The van der Waals surface area contributed by atoms with Crippen molar-refractivity contribution in [3.05, 3.63) is 99.8 Å². The molecule has 2 amide bonds. The Hall–Kier alpha value is -4.67. The number of nitrogens with zero attached hydrogens (tertiary/aromatic N) is 2. The van der Waals surface area contributed by atoms with E-state index in [9.17, 15) is 14.4 Å². The lowest BCUT2D eigenvalue weighted by atomic mass is 10.1. The predicted octanol–water partition coefficient (Wildman–Crippen LogP) is 3.30. The number of carbonyl (C=O) groups excluding carboxylic acids is 2. The topological polar surface area (TPSA) is 113 Å². The molecule has 42 heavy (non-hydrogen) atoms. The number of amides is 2. The van der Waals surface area contributed by atoms with Gasteiger partial charge in [0.05, 0.1) is 38.0 Å². The van der Waals surface area contributed by atoms with Crippen LogP contribution in [0.4, 0.5) is 0 Å². The number of H-pyrrole nitrogens is 1. The number of aromatic amines is 1. The Labute approximate surface area is 242 Å². The highest BCUT2D eigenvalue weighted by Gasteiger charge is 2.38. The van der Waals surface area contributed by atoms with Crippen LogP contribution in [0.3, 0.4) is 0 Å². The summed E-state index contributed by atoms with van der Waals surface area (Å²) in [7, 11) is 3.46. The molecular formula is C32H32N4O6. The maximum Gasteiger partial charge on any atom is 0.254 e. The van der Waals surface area contributed by atoms with Crippen LogP contribution in [0.25, 0.3) is 10.9 Å². The van der Waals surface area contributed by atoms with Crippen LogP contribution >= 0.6 is 0 Å². The van der Waals surface area contributed by atoms with Gasteiger partial charge in [-0.05, 0) is 48.5 Å². The molecule has 6 rings (SSSR count). The number of benzene rings is 3. The second kappa shape index (κ2) is 11.7. The maximum absolute atomic E-state index is 13.7. The van der Waals surface area contributed by atoms with Crippen LogP contribution < -0.4 is 20.3 Å². The number of carbonyl (C=O) groups is 2. The van der Waals surface area contributed by atoms with E-state index in [1.54, 1.807) is 18.1 Å². The highest BCUT2D eigenvalue weighted by molar-refractivity contribution is 6.06. The number of methoxy groups -OCH3 is 1. The standard InChI is InChI=1S/C32H32N4O6/c1-35-15-20-10-11-27(40-2)28(13-20)42-22-7-5-6-21(12-22)19-41-29-17-36(16-26(29)34-31(38)18-35)32(39)24-14-30(37)33-25-9-4-3-8-23(24)25/h3-14,26,29H,15-19H2,1-2H3,(H,33,37)(H,34,38)/t26-,29-/m0/s1. The Morgan fingerprint density at radius 3 is 2.67 bits per heavy atom. The minimum Gasteiger partial charge on any atom is -0.493 e. The highest BCUT2D eigenvalue weighted by Crippen LogP contribution is 2.33. The molecule has 1 saturated heterocycles. The number of nitrogens with one attached hydrogen (secondary N) is 2. The third kappa shape index (κ3) is 5.86. The van der Waals surface area contributed by atoms with E-state index in [2.05, 4.69) is 10.3 Å². The first-order chi connectivity index (χ1) is 20.4. The molecular weight excluding hydrogens is 536 g/mol. The van der Waals surface area contributed by atoms with Crippen molar-refractivity contribution in [2.24, 2.45) is 0 Å². The normalized spacial score (nSPS) is 19.6. The summed E-state index contributed by atoms with van der Waals surface area (Å²) in [5, 5.41) is 3.76. The number of aromatic nitrogens is 1. The Morgan fingerprint density at radius 1 is 0.952 bits per heavy atom. The molecule has 3 aromatic carbocycles. The number of likely N-dealkylation sites (tertiary alicyclic amines) is 1. The van der Waals surface area contributed by atoms with E-state index in [0.29, 0.717) is 40.3 Å². The van der Waals surface area contributed by atoms with Crippen molar-refractivity contribution in [1.82, 2.24) is 20.1 Å². The first-order valence-electron chi connectivity index (χ1n) is 13.8. The van der Waals surface area contributed by atoms with Crippen LogP contribution in [0, 0.1) is 0 Å². The minimum atomic E-state index is -0.457. The summed E-state index contributed by atoms with van der Waals surface area (Å²) in [4.78, 5) is 45.6. The molecule has 2 atom stereocenters. The average Bonchev–Trinajstić information content (AvgIpc) is 3.37. The van der Waals surface area contributed by atoms with Gasteiger partial charge in [-0.2, -0.15) is 0 Å². The number of fused-ring (bicyclic) bond motifs is 6. The fourth-order valence-corrected chi connectivity index (χ4v) is 5.59. The summed E-state index contributed by atoms with van der Waals surface area (Å²) in [5.41, 5.74) is 2.41. The van der Waals surface area contributed by atoms with Gasteiger partial charge < -0.3 is 29.4 Å². The van der Waals surface area contributed by atoms with Crippen molar-refractivity contribution in [2.45, 2.75) is 25.3 Å². The number of para-hydroxylation sites is 1. The molecule has 1 fully saturated rings. The van der Waals surface area contributed by atoms with E-state index in [0.717, 1.165) is 11.1 Å². The molecule has 216 valence electrons. The zero-order chi connectivity index (χ0) is 29.2. The molecule has 2 aliphatic rings. The van der Waals surface area contributed by atoms with Gasteiger partial charge in [0, 0.05) is 36.6 Å². The number of pyridine rings is 1. The fraction of sp³-hybridized carbons (Fsp3) is 0.281. The Bertz CT molecular complexity index is 1700. The van der Waals surface area contributed by atoms with E-state index in [4.69, 9.17) is 14.2 Å². The van der Waals surface area contributed by atoms with Gasteiger partial charge in [0.2, 0.25) is 11.5 Å². The van der Waals surface area contributed by atoms with E-state index in [1.807, 2.05) is 72.6 Å². The zero-order valence-electron chi connectivity index (χ0n) is 23.5. The van der Waals surface area contributed by atoms with E-state index in [1.165, 1.54) is 6.07 Å². The van der Waals surface area contributed by atoms with E-state index >= 15 is 0 Å². The monoisotopic (exact) mass is 568 g/mol. The van der Waals surface area contributed by atoms with E-state index in [-0.39, 0.29) is 43.6 Å². The number of ether oxygens (including phenoxy) is 3. The summed E-state index contributed by atoms with van der Waals surface area (Å²) < 4.78 is 18.0. The van der Waals surface area contributed by atoms with Gasteiger partial charge in [-0.1, -0.05) is 36.4 Å². The largest absolute Gasteiger partial charge is 0.493 e. The lowest BCUT2D eigenvalue weighted by Gasteiger charge is -2.23. The van der Waals surface area contributed by atoms with Gasteiger partial charge in [-0.15, -0.1) is 0 Å². The Kier molecular flexibility index (Phi) is 7.64. The molecule has 3 heterocycles. The van der Waals surface area contributed by atoms with Crippen LogP contribution in [0.2, 0.25) is 0 Å². The zero-order valence-corrected chi connectivity index (χ0v) is 23.5. The van der Waals surface area contributed by atoms with Crippen molar-refractivity contribution in [1.29, 1.82) is 0 Å². The first kappa shape index (κ1) is 27.5. The van der Waals surface area contributed by atoms with Gasteiger partial charge in [-0.25, -0.2) is 0 Å². The molecule has 0 unspecified atom stereocenters.